The van der Waals surface area contributed by atoms with Crippen LogP contribution in [-0.2, 0) is 4.74 Å². The van der Waals surface area contributed by atoms with Crippen LogP contribution in [0.4, 0.5) is 0 Å². The van der Waals surface area contributed by atoms with Crippen LogP contribution in [0.2, 0.25) is 0 Å². The number of hydrogen-bond donors (Lipinski definition) is 1. The maximum absolute atomic E-state index is 5.72. The summed E-state index contributed by atoms with van der Waals surface area (Å²) in [7, 11) is 0. The first kappa shape index (κ1) is 13.0. The lowest BCUT2D eigenvalue weighted by atomic mass is 10.00. The third kappa shape index (κ3) is 5.53. The predicted octanol–water partition coefficient (Wildman–Crippen LogP) is 3.11. The minimum atomic E-state index is 0.432. The number of hydrogen-bond acceptors (Lipinski definition) is 2. The zero-order chi connectivity index (χ0) is 11.1. The lowest BCUT2D eigenvalue weighted by molar-refractivity contribution is -0.0420. The average Bonchev–Trinajstić information content (AvgIpc) is 2.16. The summed E-state index contributed by atoms with van der Waals surface area (Å²) < 4.78 is 5.72. The summed E-state index contributed by atoms with van der Waals surface area (Å²) >= 11 is 0. The highest BCUT2D eigenvalue weighted by Crippen LogP contribution is 2.18. The fraction of sp³-hybridized carbons (Fsp3) is 1.00. The van der Waals surface area contributed by atoms with E-state index < -0.39 is 0 Å². The van der Waals surface area contributed by atoms with Crippen LogP contribution in [0.15, 0.2) is 0 Å². The molecule has 1 aliphatic rings. The summed E-state index contributed by atoms with van der Waals surface area (Å²) in [6, 6.07) is 0.686. The van der Waals surface area contributed by atoms with E-state index in [4.69, 9.17) is 4.74 Å². The zero-order valence-corrected chi connectivity index (χ0v) is 10.6. The van der Waals surface area contributed by atoms with Gasteiger partial charge in [0.2, 0.25) is 0 Å². The number of unbranched alkanes of at least 4 members (excludes halogenated alkanes) is 3. The molecule has 0 bridgehead atoms. The molecule has 0 aromatic carbocycles. The molecule has 2 nitrogen and oxygen atoms in total. The van der Waals surface area contributed by atoms with Crippen molar-refractivity contribution < 1.29 is 4.74 Å². The zero-order valence-electron chi connectivity index (χ0n) is 10.6. The molecular weight excluding hydrogens is 186 g/mol. The van der Waals surface area contributed by atoms with Gasteiger partial charge < -0.3 is 10.1 Å². The van der Waals surface area contributed by atoms with Crippen molar-refractivity contribution in [1.29, 1.82) is 0 Å². The minimum Gasteiger partial charge on any atom is -0.375 e. The molecule has 0 aliphatic carbocycles. The average molecular weight is 213 g/mol. The summed E-state index contributed by atoms with van der Waals surface area (Å²) in [4.78, 5) is 0. The second kappa shape index (κ2) is 7.24. The van der Waals surface area contributed by atoms with E-state index in [-0.39, 0.29) is 0 Å². The fourth-order valence-corrected chi connectivity index (χ4v) is 2.43. The minimum absolute atomic E-state index is 0.432. The van der Waals surface area contributed by atoms with E-state index in [9.17, 15) is 0 Å². The molecule has 0 aromatic rings. The largest absolute Gasteiger partial charge is 0.375 e. The maximum Gasteiger partial charge on any atom is 0.0565 e. The standard InChI is InChI=1S/C13H27NO/c1-4-5-6-7-8-14-13-9-11(2)15-12(3)10-13/h11-14H,4-10H2,1-3H3. The van der Waals surface area contributed by atoms with E-state index in [0.29, 0.717) is 18.2 Å². The van der Waals surface area contributed by atoms with Gasteiger partial charge in [-0.1, -0.05) is 26.2 Å². The quantitative estimate of drug-likeness (QED) is 0.685. The monoisotopic (exact) mass is 213 g/mol. The molecule has 0 saturated carbocycles. The van der Waals surface area contributed by atoms with Crippen molar-refractivity contribution in [3.05, 3.63) is 0 Å². The van der Waals surface area contributed by atoms with Gasteiger partial charge >= 0.3 is 0 Å². The Morgan fingerprint density at radius 1 is 1.07 bits per heavy atom. The number of nitrogens with one attached hydrogen (secondary N) is 1. The van der Waals surface area contributed by atoms with E-state index in [1.807, 2.05) is 0 Å². The van der Waals surface area contributed by atoms with E-state index in [1.54, 1.807) is 0 Å². The molecule has 2 heteroatoms. The van der Waals surface area contributed by atoms with Crippen molar-refractivity contribution in [2.45, 2.75) is 77.5 Å². The van der Waals surface area contributed by atoms with Gasteiger partial charge in [0, 0.05) is 6.04 Å². The van der Waals surface area contributed by atoms with Gasteiger partial charge in [-0.25, -0.2) is 0 Å². The molecule has 0 aromatic heterocycles. The molecule has 1 N–H and O–H groups in total. The molecule has 1 aliphatic heterocycles. The Morgan fingerprint density at radius 3 is 2.33 bits per heavy atom. The van der Waals surface area contributed by atoms with Crippen molar-refractivity contribution in [3.63, 3.8) is 0 Å². The normalized spacial score (nSPS) is 31.8. The Bertz CT molecular complexity index is 151. The Morgan fingerprint density at radius 2 is 1.73 bits per heavy atom. The van der Waals surface area contributed by atoms with Crippen LogP contribution in [0.3, 0.4) is 0 Å². The van der Waals surface area contributed by atoms with Crippen LogP contribution in [-0.4, -0.2) is 24.8 Å². The van der Waals surface area contributed by atoms with E-state index in [0.717, 1.165) is 0 Å². The highest BCUT2D eigenvalue weighted by atomic mass is 16.5. The van der Waals surface area contributed by atoms with E-state index in [1.165, 1.54) is 45.1 Å². The molecule has 2 unspecified atom stereocenters. The molecule has 15 heavy (non-hydrogen) atoms. The van der Waals surface area contributed by atoms with Gasteiger partial charge in [0.25, 0.3) is 0 Å². The Balaban J connectivity index is 2.04. The van der Waals surface area contributed by atoms with Crippen LogP contribution in [0.25, 0.3) is 0 Å². The molecule has 0 radical (unpaired) electrons. The maximum atomic E-state index is 5.72. The third-order valence-corrected chi connectivity index (χ3v) is 3.16. The van der Waals surface area contributed by atoms with Crippen molar-refractivity contribution in [2.75, 3.05) is 6.54 Å². The van der Waals surface area contributed by atoms with Crippen molar-refractivity contribution in [3.8, 4) is 0 Å². The third-order valence-electron chi connectivity index (χ3n) is 3.16. The molecule has 0 amide bonds. The topological polar surface area (TPSA) is 21.3 Å². The Kier molecular flexibility index (Phi) is 6.26. The first-order valence-electron chi connectivity index (χ1n) is 6.61. The first-order chi connectivity index (χ1) is 7.22. The van der Waals surface area contributed by atoms with Crippen LogP contribution < -0.4 is 5.32 Å². The van der Waals surface area contributed by atoms with Crippen LogP contribution >= 0.6 is 0 Å². The Labute approximate surface area is 94.8 Å². The van der Waals surface area contributed by atoms with Crippen molar-refractivity contribution in [1.82, 2.24) is 5.32 Å². The summed E-state index contributed by atoms with van der Waals surface area (Å²) in [6.07, 6.45) is 8.62. The van der Waals surface area contributed by atoms with Gasteiger partial charge in [0.15, 0.2) is 0 Å². The lowest BCUT2D eigenvalue weighted by Crippen LogP contribution is -2.41. The molecule has 90 valence electrons. The molecule has 0 spiro atoms. The van der Waals surface area contributed by atoms with Crippen molar-refractivity contribution in [2.24, 2.45) is 0 Å². The van der Waals surface area contributed by atoms with Crippen molar-refractivity contribution >= 4 is 0 Å². The van der Waals surface area contributed by atoms with Gasteiger partial charge in [-0.2, -0.15) is 0 Å². The number of rotatable bonds is 6. The number of ether oxygens (including phenoxy) is 1. The van der Waals surface area contributed by atoms with E-state index in [2.05, 4.69) is 26.1 Å². The summed E-state index contributed by atoms with van der Waals surface area (Å²) in [5.74, 6) is 0. The second-order valence-electron chi connectivity index (χ2n) is 4.94. The van der Waals surface area contributed by atoms with Crippen LogP contribution in [0.1, 0.15) is 59.3 Å². The van der Waals surface area contributed by atoms with Gasteiger partial charge in [-0.3, -0.25) is 0 Å². The molecule has 1 heterocycles. The summed E-state index contributed by atoms with van der Waals surface area (Å²) in [5, 5.41) is 3.66. The van der Waals surface area contributed by atoms with Gasteiger partial charge in [0.05, 0.1) is 12.2 Å². The fourth-order valence-electron chi connectivity index (χ4n) is 2.43. The lowest BCUT2D eigenvalue weighted by Gasteiger charge is -2.32. The second-order valence-corrected chi connectivity index (χ2v) is 4.94. The van der Waals surface area contributed by atoms with E-state index >= 15 is 0 Å². The Hall–Kier alpha value is -0.0800. The smallest absolute Gasteiger partial charge is 0.0565 e. The summed E-state index contributed by atoms with van der Waals surface area (Å²) in [6.45, 7) is 7.81. The van der Waals surface area contributed by atoms with Gasteiger partial charge in [0.1, 0.15) is 0 Å². The predicted molar refractivity (Wildman–Crippen MR) is 65.2 cm³/mol. The molecule has 1 saturated heterocycles. The molecule has 1 fully saturated rings. The molecule has 1 rings (SSSR count). The van der Waals surface area contributed by atoms with Crippen LogP contribution in [0.5, 0.6) is 0 Å². The van der Waals surface area contributed by atoms with Crippen LogP contribution in [0, 0.1) is 0 Å². The first-order valence-corrected chi connectivity index (χ1v) is 6.61. The van der Waals surface area contributed by atoms with Gasteiger partial charge in [-0.05, 0) is 39.7 Å². The van der Waals surface area contributed by atoms with Gasteiger partial charge in [-0.15, -0.1) is 0 Å². The summed E-state index contributed by atoms with van der Waals surface area (Å²) in [5.41, 5.74) is 0. The highest BCUT2D eigenvalue weighted by molar-refractivity contribution is 4.78. The molecular formula is C13H27NO. The SMILES string of the molecule is CCCCCCNC1CC(C)OC(C)C1. The molecule has 2 atom stereocenters. The highest BCUT2D eigenvalue weighted by Gasteiger charge is 2.23.